The van der Waals surface area contributed by atoms with Gasteiger partial charge in [0.25, 0.3) is 0 Å². The van der Waals surface area contributed by atoms with Gasteiger partial charge in [0, 0.05) is 21.4 Å². The van der Waals surface area contributed by atoms with Gasteiger partial charge in [-0.15, -0.1) is 11.8 Å². The van der Waals surface area contributed by atoms with Crippen LogP contribution in [0.1, 0.15) is 5.56 Å². The Kier molecular flexibility index (Phi) is 4.59. The summed E-state index contributed by atoms with van der Waals surface area (Å²) in [5.41, 5.74) is 7.01. The number of nitrogens with two attached hydrogens (primary N) is 2. The molecule has 0 aliphatic rings. The van der Waals surface area contributed by atoms with Crippen molar-refractivity contribution in [2.45, 2.75) is 15.5 Å². The summed E-state index contributed by atoms with van der Waals surface area (Å²) in [6.07, 6.45) is 0. The smallest absolute Gasteiger partial charge is 0.239 e. The van der Waals surface area contributed by atoms with E-state index in [1.807, 2.05) is 12.1 Å². The molecular formula is C13H13ClN2O2S2. The van der Waals surface area contributed by atoms with E-state index in [0.29, 0.717) is 21.4 Å². The third-order valence-electron chi connectivity index (χ3n) is 2.58. The first kappa shape index (κ1) is 15.2. The maximum Gasteiger partial charge on any atom is 0.239 e. The van der Waals surface area contributed by atoms with Crippen molar-refractivity contribution in [3.63, 3.8) is 0 Å². The number of hydrogen-bond donors (Lipinski definition) is 2. The van der Waals surface area contributed by atoms with E-state index in [-0.39, 0.29) is 4.90 Å². The van der Waals surface area contributed by atoms with Gasteiger partial charge in [-0.2, -0.15) is 0 Å². The fourth-order valence-corrected chi connectivity index (χ4v) is 3.79. The van der Waals surface area contributed by atoms with Gasteiger partial charge in [0.15, 0.2) is 0 Å². The van der Waals surface area contributed by atoms with Crippen molar-refractivity contribution >= 4 is 39.1 Å². The molecule has 2 aromatic rings. The lowest BCUT2D eigenvalue weighted by Gasteiger charge is -2.08. The van der Waals surface area contributed by atoms with E-state index in [2.05, 4.69) is 0 Å². The minimum absolute atomic E-state index is 0.0523. The molecule has 0 heterocycles. The van der Waals surface area contributed by atoms with Crippen LogP contribution in [0.2, 0.25) is 5.02 Å². The van der Waals surface area contributed by atoms with E-state index in [9.17, 15) is 8.42 Å². The summed E-state index contributed by atoms with van der Waals surface area (Å²) in [7, 11) is -3.79. The Hall–Kier alpha value is -1.21. The molecule has 0 atom stereocenters. The molecule has 0 unspecified atom stereocenters. The Labute approximate surface area is 127 Å². The third-order valence-corrected chi connectivity index (χ3v) is 5.06. The summed E-state index contributed by atoms with van der Waals surface area (Å²) in [5.74, 6) is 0.615. The van der Waals surface area contributed by atoms with Crippen LogP contribution >= 0.6 is 23.4 Å². The van der Waals surface area contributed by atoms with Gasteiger partial charge in [-0.05, 0) is 35.9 Å². The number of thioether (sulfide) groups is 1. The predicted octanol–water partition coefficient (Wildman–Crippen LogP) is 2.86. The van der Waals surface area contributed by atoms with Gasteiger partial charge in [0.2, 0.25) is 10.0 Å². The first-order valence-electron chi connectivity index (χ1n) is 5.66. The maximum absolute atomic E-state index is 11.6. The average molecular weight is 329 g/mol. The van der Waals surface area contributed by atoms with Gasteiger partial charge >= 0.3 is 0 Å². The van der Waals surface area contributed by atoms with Gasteiger partial charge in [0.05, 0.1) is 4.90 Å². The van der Waals surface area contributed by atoms with Crippen LogP contribution in [0.15, 0.2) is 52.3 Å². The van der Waals surface area contributed by atoms with E-state index in [1.165, 1.54) is 17.8 Å². The number of nitrogen functional groups attached to an aromatic ring is 1. The van der Waals surface area contributed by atoms with Crippen LogP contribution in [0.5, 0.6) is 0 Å². The molecule has 0 aliphatic carbocycles. The van der Waals surface area contributed by atoms with E-state index in [0.717, 1.165) is 5.56 Å². The standard InChI is InChI=1S/C13H13ClN2O2S2/c14-10-3-1-9(2-4-10)8-19-12-6-5-11(15)7-13(12)20(16,17)18/h1-7H,8,15H2,(H2,16,17,18). The summed E-state index contributed by atoms with van der Waals surface area (Å²) < 4.78 is 23.1. The molecule has 0 spiro atoms. The fraction of sp³-hybridized carbons (Fsp3) is 0.0769. The number of anilines is 1. The molecule has 106 valence electrons. The zero-order valence-corrected chi connectivity index (χ0v) is 12.8. The fourth-order valence-electron chi connectivity index (χ4n) is 1.61. The van der Waals surface area contributed by atoms with Crippen molar-refractivity contribution in [3.8, 4) is 0 Å². The Morgan fingerprint density at radius 1 is 1.10 bits per heavy atom. The third kappa shape index (κ3) is 3.89. The van der Waals surface area contributed by atoms with Crippen LogP contribution in [0.3, 0.4) is 0 Å². The number of sulfonamides is 1. The molecule has 0 fully saturated rings. The summed E-state index contributed by atoms with van der Waals surface area (Å²) in [6.45, 7) is 0. The highest BCUT2D eigenvalue weighted by atomic mass is 35.5. The molecule has 0 aromatic heterocycles. The predicted molar refractivity (Wildman–Crippen MR) is 83.2 cm³/mol. The van der Waals surface area contributed by atoms with Crippen LogP contribution in [-0.2, 0) is 15.8 Å². The minimum Gasteiger partial charge on any atom is -0.399 e. The number of halogens is 1. The van der Waals surface area contributed by atoms with Gasteiger partial charge in [-0.25, -0.2) is 13.6 Å². The number of benzene rings is 2. The van der Waals surface area contributed by atoms with Crippen molar-refractivity contribution in [1.29, 1.82) is 0 Å². The van der Waals surface area contributed by atoms with Crippen LogP contribution in [0, 0.1) is 0 Å². The number of hydrogen-bond acceptors (Lipinski definition) is 4. The highest BCUT2D eigenvalue weighted by molar-refractivity contribution is 7.99. The molecule has 0 saturated carbocycles. The quantitative estimate of drug-likeness (QED) is 0.667. The van der Waals surface area contributed by atoms with Crippen molar-refractivity contribution < 1.29 is 8.42 Å². The summed E-state index contributed by atoms with van der Waals surface area (Å²) in [4.78, 5) is 0.633. The summed E-state index contributed by atoms with van der Waals surface area (Å²) >= 11 is 7.20. The van der Waals surface area contributed by atoms with Crippen LogP contribution < -0.4 is 10.9 Å². The molecule has 2 rings (SSSR count). The minimum atomic E-state index is -3.79. The first-order chi connectivity index (χ1) is 9.36. The number of rotatable bonds is 4. The zero-order chi connectivity index (χ0) is 14.8. The van der Waals surface area contributed by atoms with Crippen molar-refractivity contribution in [2.75, 3.05) is 5.73 Å². The lowest BCUT2D eigenvalue weighted by Crippen LogP contribution is -2.13. The van der Waals surface area contributed by atoms with E-state index in [4.69, 9.17) is 22.5 Å². The highest BCUT2D eigenvalue weighted by Gasteiger charge is 2.14. The molecule has 0 saturated heterocycles. The highest BCUT2D eigenvalue weighted by Crippen LogP contribution is 2.30. The normalized spacial score (nSPS) is 11.5. The Bertz CT molecular complexity index is 716. The first-order valence-corrected chi connectivity index (χ1v) is 8.57. The Morgan fingerprint density at radius 3 is 2.35 bits per heavy atom. The zero-order valence-electron chi connectivity index (χ0n) is 10.4. The van der Waals surface area contributed by atoms with Crippen molar-refractivity contribution in [2.24, 2.45) is 5.14 Å². The summed E-state index contributed by atoms with van der Waals surface area (Å²) in [6, 6.07) is 12.1. The van der Waals surface area contributed by atoms with E-state index >= 15 is 0 Å². The topological polar surface area (TPSA) is 86.2 Å². The Morgan fingerprint density at radius 2 is 1.75 bits per heavy atom. The van der Waals surface area contributed by atoms with Gasteiger partial charge in [0.1, 0.15) is 0 Å². The SMILES string of the molecule is Nc1ccc(SCc2ccc(Cl)cc2)c(S(N)(=O)=O)c1. The van der Waals surface area contributed by atoms with Gasteiger partial charge < -0.3 is 5.73 Å². The van der Waals surface area contributed by atoms with E-state index in [1.54, 1.807) is 24.3 Å². The lowest BCUT2D eigenvalue weighted by molar-refractivity contribution is 0.596. The summed E-state index contributed by atoms with van der Waals surface area (Å²) in [5, 5.41) is 5.86. The second-order valence-electron chi connectivity index (χ2n) is 4.17. The van der Waals surface area contributed by atoms with Crippen LogP contribution in [-0.4, -0.2) is 8.42 Å². The maximum atomic E-state index is 11.6. The van der Waals surface area contributed by atoms with Gasteiger partial charge in [-0.1, -0.05) is 23.7 Å². The molecule has 0 aliphatic heterocycles. The molecule has 2 aromatic carbocycles. The Balaban J connectivity index is 2.23. The lowest BCUT2D eigenvalue weighted by atomic mass is 10.2. The van der Waals surface area contributed by atoms with E-state index < -0.39 is 10.0 Å². The largest absolute Gasteiger partial charge is 0.399 e. The second-order valence-corrected chi connectivity index (χ2v) is 7.15. The monoisotopic (exact) mass is 328 g/mol. The van der Waals surface area contributed by atoms with Gasteiger partial charge in [-0.3, -0.25) is 0 Å². The molecule has 0 radical (unpaired) electrons. The van der Waals surface area contributed by atoms with Crippen molar-refractivity contribution in [3.05, 3.63) is 53.1 Å². The van der Waals surface area contributed by atoms with Crippen LogP contribution in [0.25, 0.3) is 0 Å². The molecule has 7 heteroatoms. The molecule has 0 bridgehead atoms. The molecule has 4 N–H and O–H groups in total. The average Bonchev–Trinajstić information content (AvgIpc) is 2.38. The molecule has 20 heavy (non-hydrogen) atoms. The molecule has 0 amide bonds. The number of primary sulfonamides is 1. The molecule has 4 nitrogen and oxygen atoms in total. The second kappa shape index (κ2) is 6.05. The molecular weight excluding hydrogens is 316 g/mol. The van der Waals surface area contributed by atoms with Crippen molar-refractivity contribution in [1.82, 2.24) is 0 Å². The van der Waals surface area contributed by atoms with Crippen LogP contribution in [0.4, 0.5) is 5.69 Å².